The molecule has 0 fully saturated rings. The minimum atomic E-state index is -1.31. The van der Waals surface area contributed by atoms with E-state index in [1.807, 2.05) is 19.9 Å². The van der Waals surface area contributed by atoms with Crippen LogP contribution in [0.3, 0.4) is 0 Å². The maximum Gasteiger partial charge on any atom is 0.343 e. The van der Waals surface area contributed by atoms with Crippen LogP contribution in [0.4, 0.5) is 5.69 Å². The Morgan fingerprint density at radius 1 is 1.45 bits per heavy atom. The minimum absolute atomic E-state index is 0.184. The maximum atomic E-state index is 11.3. The summed E-state index contributed by atoms with van der Waals surface area (Å²) in [6.07, 6.45) is 0. The Labute approximate surface area is 114 Å². The summed E-state index contributed by atoms with van der Waals surface area (Å²) in [7, 11) is 0. The highest BCUT2D eigenvalue weighted by molar-refractivity contribution is 5.94. The molecule has 0 unspecified atom stereocenters. The van der Waals surface area contributed by atoms with Crippen molar-refractivity contribution < 1.29 is 14.8 Å². The first-order valence-corrected chi connectivity index (χ1v) is 5.90. The number of carbonyl (C=O) groups is 1. The molecule has 104 valence electrons. The van der Waals surface area contributed by atoms with Crippen molar-refractivity contribution in [2.45, 2.75) is 20.4 Å². The van der Waals surface area contributed by atoms with Crippen molar-refractivity contribution in [1.82, 2.24) is 9.78 Å². The molecule has 1 N–H and O–H groups in total. The van der Waals surface area contributed by atoms with E-state index in [9.17, 15) is 20.0 Å². The highest BCUT2D eigenvalue weighted by Crippen LogP contribution is 2.23. The highest BCUT2D eigenvalue weighted by atomic mass is 16.6. The van der Waals surface area contributed by atoms with Crippen molar-refractivity contribution in [3.05, 3.63) is 56.9 Å². The van der Waals surface area contributed by atoms with Crippen LogP contribution in [0.2, 0.25) is 0 Å². The fraction of sp³-hybridized carbons (Fsp3) is 0.231. The molecule has 0 saturated heterocycles. The zero-order valence-corrected chi connectivity index (χ0v) is 11.0. The van der Waals surface area contributed by atoms with E-state index in [1.54, 1.807) is 10.7 Å². The standard InChI is InChI=1S/C13H13N3O4/c1-8-6-9(2)15(14-8)7-10-4-3-5-11(16(19)20)12(10)13(17)18/h3-6H,7H2,1-2H3,(H,17,18). The fourth-order valence-electron chi connectivity index (χ4n) is 2.11. The van der Waals surface area contributed by atoms with Gasteiger partial charge in [-0.2, -0.15) is 5.10 Å². The first-order chi connectivity index (χ1) is 9.40. The average molecular weight is 275 g/mol. The number of hydrogen-bond donors (Lipinski definition) is 1. The monoisotopic (exact) mass is 275 g/mol. The number of nitrogens with zero attached hydrogens (tertiary/aromatic N) is 3. The molecule has 1 aromatic heterocycles. The molecule has 0 radical (unpaired) electrons. The number of nitro groups is 1. The quantitative estimate of drug-likeness (QED) is 0.681. The van der Waals surface area contributed by atoms with Gasteiger partial charge in [0.15, 0.2) is 0 Å². The van der Waals surface area contributed by atoms with Crippen molar-refractivity contribution in [2.24, 2.45) is 0 Å². The molecule has 20 heavy (non-hydrogen) atoms. The molecule has 1 heterocycles. The van der Waals surface area contributed by atoms with Gasteiger partial charge in [-0.1, -0.05) is 12.1 Å². The van der Waals surface area contributed by atoms with Crippen molar-refractivity contribution in [3.8, 4) is 0 Å². The zero-order valence-electron chi connectivity index (χ0n) is 11.0. The average Bonchev–Trinajstić information content (AvgIpc) is 2.67. The molecular weight excluding hydrogens is 262 g/mol. The predicted molar refractivity (Wildman–Crippen MR) is 70.9 cm³/mol. The van der Waals surface area contributed by atoms with Crippen molar-refractivity contribution in [1.29, 1.82) is 0 Å². The molecule has 0 bridgehead atoms. The van der Waals surface area contributed by atoms with Gasteiger partial charge in [0.1, 0.15) is 5.56 Å². The Balaban J connectivity index is 2.51. The van der Waals surface area contributed by atoms with Crippen LogP contribution in [0.5, 0.6) is 0 Å². The molecule has 0 spiro atoms. The SMILES string of the molecule is Cc1cc(C)n(Cc2cccc([N+](=O)[O-])c2C(=O)O)n1. The van der Waals surface area contributed by atoms with E-state index in [0.29, 0.717) is 5.56 Å². The number of aromatic carboxylic acids is 1. The number of carboxylic acids is 1. The van der Waals surface area contributed by atoms with E-state index in [0.717, 1.165) is 11.4 Å². The molecule has 2 aromatic rings. The van der Waals surface area contributed by atoms with Gasteiger partial charge in [0.25, 0.3) is 5.69 Å². The van der Waals surface area contributed by atoms with Crippen LogP contribution in [-0.4, -0.2) is 25.8 Å². The molecule has 0 aliphatic carbocycles. The first kappa shape index (κ1) is 13.7. The van der Waals surface area contributed by atoms with E-state index in [-0.39, 0.29) is 12.1 Å². The summed E-state index contributed by atoms with van der Waals surface area (Å²) in [5, 5.41) is 24.4. The second kappa shape index (κ2) is 5.12. The van der Waals surface area contributed by atoms with Crippen molar-refractivity contribution >= 4 is 11.7 Å². The molecule has 0 atom stereocenters. The van der Waals surface area contributed by atoms with Crippen LogP contribution in [0.25, 0.3) is 0 Å². The third kappa shape index (κ3) is 2.51. The van der Waals surface area contributed by atoms with Gasteiger partial charge >= 0.3 is 5.97 Å². The lowest BCUT2D eigenvalue weighted by molar-refractivity contribution is -0.385. The number of aryl methyl sites for hydroxylation is 2. The lowest BCUT2D eigenvalue weighted by Crippen LogP contribution is -2.11. The van der Waals surface area contributed by atoms with Crippen molar-refractivity contribution in [2.75, 3.05) is 0 Å². The van der Waals surface area contributed by atoms with Gasteiger partial charge in [-0.25, -0.2) is 4.79 Å². The van der Waals surface area contributed by atoms with Crippen molar-refractivity contribution in [3.63, 3.8) is 0 Å². The molecule has 0 saturated carbocycles. The Hall–Kier alpha value is -2.70. The molecule has 0 aliphatic heterocycles. The molecule has 1 aromatic carbocycles. The fourth-order valence-corrected chi connectivity index (χ4v) is 2.11. The highest BCUT2D eigenvalue weighted by Gasteiger charge is 2.23. The molecular formula is C13H13N3O4. The lowest BCUT2D eigenvalue weighted by Gasteiger charge is -2.08. The van der Waals surface area contributed by atoms with E-state index < -0.39 is 16.6 Å². The summed E-state index contributed by atoms with van der Waals surface area (Å²) in [5.74, 6) is -1.31. The van der Waals surface area contributed by atoms with Crippen LogP contribution >= 0.6 is 0 Å². The van der Waals surface area contributed by atoms with Gasteiger partial charge in [0, 0.05) is 11.8 Å². The second-order valence-electron chi connectivity index (χ2n) is 4.46. The third-order valence-corrected chi connectivity index (χ3v) is 2.96. The van der Waals surface area contributed by atoms with Crippen LogP contribution < -0.4 is 0 Å². The third-order valence-electron chi connectivity index (χ3n) is 2.96. The summed E-state index contributed by atoms with van der Waals surface area (Å²) < 4.78 is 1.63. The Kier molecular flexibility index (Phi) is 3.51. The summed E-state index contributed by atoms with van der Waals surface area (Å²) in [4.78, 5) is 21.5. The topological polar surface area (TPSA) is 98.3 Å². The summed E-state index contributed by atoms with van der Waals surface area (Å²) >= 11 is 0. The number of hydrogen-bond acceptors (Lipinski definition) is 4. The summed E-state index contributed by atoms with van der Waals surface area (Å²) in [5.41, 5.74) is 1.34. The van der Waals surface area contributed by atoms with Gasteiger partial charge in [-0.15, -0.1) is 0 Å². The van der Waals surface area contributed by atoms with Gasteiger partial charge in [-0.05, 0) is 25.5 Å². The predicted octanol–water partition coefficient (Wildman–Crippen LogP) is 2.15. The van der Waals surface area contributed by atoms with Crippen LogP contribution in [0.15, 0.2) is 24.3 Å². The van der Waals surface area contributed by atoms with E-state index >= 15 is 0 Å². The summed E-state index contributed by atoms with van der Waals surface area (Å²) in [6, 6.07) is 6.09. The largest absolute Gasteiger partial charge is 0.477 e. The lowest BCUT2D eigenvalue weighted by atomic mass is 10.1. The second-order valence-corrected chi connectivity index (χ2v) is 4.46. The maximum absolute atomic E-state index is 11.3. The number of rotatable bonds is 4. The van der Waals surface area contributed by atoms with Crippen LogP contribution in [0, 0.1) is 24.0 Å². The Morgan fingerprint density at radius 3 is 2.65 bits per heavy atom. The molecule has 2 rings (SSSR count). The normalized spacial score (nSPS) is 10.5. The summed E-state index contributed by atoms with van der Waals surface area (Å²) in [6.45, 7) is 3.86. The number of aromatic nitrogens is 2. The molecule has 7 heteroatoms. The van der Waals surface area contributed by atoms with E-state index in [1.165, 1.54) is 12.1 Å². The smallest absolute Gasteiger partial charge is 0.343 e. The number of nitro benzene ring substituents is 1. The van der Waals surface area contributed by atoms with Gasteiger partial charge < -0.3 is 5.11 Å². The van der Waals surface area contributed by atoms with Crippen LogP contribution in [0.1, 0.15) is 27.3 Å². The Morgan fingerprint density at radius 2 is 2.15 bits per heavy atom. The number of carboxylic acid groups (broad SMARTS) is 1. The first-order valence-electron chi connectivity index (χ1n) is 5.90. The Bertz CT molecular complexity index is 691. The van der Waals surface area contributed by atoms with Gasteiger partial charge in [-0.3, -0.25) is 14.8 Å². The molecule has 7 nitrogen and oxygen atoms in total. The molecule has 0 amide bonds. The number of benzene rings is 1. The van der Waals surface area contributed by atoms with Gasteiger partial charge in [0.2, 0.25) is 0 Å². The van der Waals surface area contributed by atoms with Gasteiger partial charge in [0.05, 0.1) is 17.2 Å². The van der Waals surface area contributed by atoms with Crippen LogP contribution in [-0.2, 0) is 6.54 Å². The minimum Gasteiger partial charge on any atom is -0.477 e. The zero-order chi connectivity index (χ0) is 14.9. The molecule has 0 aliphatic rings. The van der Waals surface area contributed by atoms with E-state index in [4.69, 9.17) is 0 Å². The van der Waals surface area contributed by atoms with E-state index in [2.05, 4.69) is 5.10 Å².